The van der Waals surface area contributed by atoms with Gasteiger partial charge in [0.25, 0.3) is 0 Å². The van der Waals surface area contributed by atoms with Gasteiger partial charge in [-0.05, 0) is 88.7 Å². The van der Waals surface area contributed by atoms with Gasteiger partial charge >= 0.3 is 6.09 Å². The van der Waals surface area contributed by atoms with E-state index in [4.69, 9.17) is 19.2 Å². The van der Waals surface area contributed by atoms with E-state index in [1.165, 1.54) is 13.2 Å². The Hall–Kier alpha value is -4.36. The van der Waals surface area contributed by atoms with Gasteiger partial charge in [0.2, 0.25) is 11.8 Å². The van der Waals surface area contributed by atoms with Crippen molar-refractivity contribution in [1.82, 2.24) is 19.9 Å². The number of fused-ring (bicyclic) bond motifs is 1. The van der Waals surface area contributed by atoms with Crippen molar-refractivity contribution < 1.29 is 31.8 Å². The van der Waals surface area contributed by atoms with E-state index in [0.717, 1.165) is 18.4 Å². The Kier molecular flexibility index (Phi) is 10.5. The first kappa shape index (κ1) is 35.0. The van der Waals surface area contributed by atoms with Gasteiger partial charge < -0.3 is 24.4 Å². The number of rotatable bonds is 10. The molecule has 3 heterocycles. The molecule has 1 aliphatic rings. The number of likely N-dealkylation sites (tertiary alicyclic amines) is 1. The molecule has 0 radical (unpaired) electrons. The van der Waals surface area contributed by atoms with E-state index in [2.05, 4.69) is 15.3 Å². The van der Waals surface area contributed by atoms with Crippen LogP contribution in [-0.4, -0.2) is 78.1 Å². The first-order valence-electron chi connectivity index (χ1n) is 15.9. The van der Waals surface area contributed by atoms with E-state index >= 15 is 4.39 Å². The van der Waals surface area contributed by atoms with Gasteiger partial charge in [-0.1, -0.05) is 12.1 Å². The molecule has 1 fully saturated rings. The number of hydrogen-bond donors (Lipinski definition) is 1. The number of piperidine rings is 1. The smallest absolute Gasteiger partial charge is 0.410 e. The van der Waals surface area contributed by atoms with Crippen LogP contribution in [0.3, 0.4) is 0 Å². The fraction of sp³-hybridized carbons (Fsp3) is 0.429. The number of anilines is 1. The molecule has 2 aromatic carbocycles. The van der Waals surface area contributed by atoms with Gasteiger partial charge in [-0.2, -0.15) is 0 Å². The largest absolute Gasteiger partial charge is 0.444 e. The monoisotopic (exact) mass is 679 g/mol. The lowest BCUT2D eigenvalue weighted by atomic mass is 10.0. The predicted octanol–water partition coefficient (Wildman–Crippen LogP) is 6.69. The zero-order valence-electron chi connectivity index (χ0n) is 28.1. The Bertz CT molecular complexity index is 1900. The SMILES string of the molecule is COC(C)CS(=O)(=O)Cc1c(F)ccc2c(Oc3ncccc3-c3ccnc(N[C@H]4CCCN(C(=O)OC(C)(C)C)C4)n3)c(C)ccc12. The maximum atomic E-state index is 15.2. The average molecular weight is 680 g/mol. The number of benzene rings is 2. The summed E-state index contributed by atoms with van der Waals surface area (Å²) in [7, 11) is -2.24. The van der Waals surface area contributed by atoms with Crippen LogP contribution in [0.5, 0.6) is 11.6 Å². The number of methoxy groups -OCH3 is 1. The average Bonchev–Trinajstić information content (AvgIpc) is 3.03. The van der Waals surface area contributed by atoms with Crippen LogP contribution in [0.2, 0.25) is 0 Å². The summed E-state index contributed by atoms with van der Waals surface area (Å²) in [6.07, 6.45) is 4.01. The molecular formula is C35H42FN5O6S. The van der Waals surface area contributed by atoms with E-state index < -0.39 is 33.1 Å². The summed E-state index contributed by atoms with van der Waals surface area (Å²) in [5.41, 5.74) is 1.39. The summed E-state index contributed by atoms with van der Waals surface area (Å²) in [4.78, 5) is 28.0. The summed E-state index contributed by atoms with van der Waals surface area (Å²) in [6, 6.07) is 11.6. The van der Waals surface area contributed by atoms with Crippen LogP contribution >= 0.6 is 0 Å². The molecule has 2 aromatic heterocycles. The van der Waals surface area contributed by atoms with Crippen molar-refractivity contribution >= 4 is 32.7 Å². The molecule has 4 aromatic rings. The highest BCUT2D eigenvalue weighted by atomic mass is 32.2. The summed E-state index contributed by atoms with van der Waals surface area (Å²) < 4.78 is 58.1. The van der Waals surface area contributed by atoms with Gasteiger partial charge in [-0.3, -0.25) is 0 Å². The quantitative estimate of drug-likeness (QED) is 0.193. The number of amides is 1. The molecule has 13 heteroatoms. The van der Waals surface area contributed by atoms with Crippen LogP contribution < -0.4 is 10.1 Å². The van der Waals surface area contributed by atoms with E-state index in [1.54, 1.807) is 54.5 Å². The minimum atomic E-state index is -3.68. The zero-order chi connectivity index (χ0) is 34.6. The Morgan fingerprint density at radius 1 is 1.10 bits per heavy atom. The van der Waals surface area contributed by atoms with Crippen molar-refractivity contribution in [2.45, 2.75) is 71.0 Å². The number of aryl methyl sites for hydroxylation is 1. The zero-order valence-corrected chi connectivity index (χ0v) is 28.9. The van der Waals surface area contributed by atoms with Crippen molar-refractivity contribution in [1.29, 1.82) is 0 Å². The maximum absolute atomic E-state index is 15.2. The van der Waals surface area contributed by atoms with Crippen LogP contribution in [-0.2, 0) is 25.1 Å². The van der Waals surface area contributed by atoms with Crippen molar-refractivity contribution in [2.75, 3.05) is 31.3 Å². The van der Waals surface area contributed by atoms with E-state index in [-0.39, 0.29) is 29.3 Å². The molecule has 2 atom stereocenters. The molecule has 0 saturated carbocycles. The summed E-state index contributed by atoms with van der Waals surface area (Å²) in [5.74, 6) is -0.243. The molecule has 1 saturated heterocycles. The minimum Gasteiger partial charge on any atom is -0.444 e. The highest BCUT2D eigenvalue weighted by Gasteiger charge is 2.28. The van der Waals surface area contributed by atoms with Gasteiger partial charge in [0.15, 0.2) is 9.84 Å². The summed E-state index contributed by atoms with van der Waals surface area (Å²) >= 11 is 0. The fourth-order valence-electron chi connectivity index (χ4n) is 5.62. The lowest BCUT2D eigenvalue weighted by Gasteiger charge is -2.34. The van der Waals surface area contributed by atoms with Crippen LogP contribution in [0, 0.1) is 12.7 Å². The molecule has 5 rings (SSSR count). The number of sulfone groups is 1. The van der Waals surface area contributed by atoms with Crippen molar-refractivity contribution in [3.63, 3.8) is 0 Å². The molecule has 48 heavy (non-hydrogen) atoms. The van der Waals surface area contributed by atoms with Gasteiger partial charge in [0, 0.05) is 49.6 Å². The van der Waals surface area contributed by atoms with Crippen LogP contribution in [0.4, 0.5) is 15.1 Å². The Balaban J connectivity index is 1.41. The van der Waals surface area contributed by atoms with E-state index in [9.17, 15) is 13.2 Å². The van der Waals surface area contributed by atoms with Gasteiger partial charge in [-0.25, -0.2) is 32.6 Å². The summed E-state index contributed by atoms with van der Waals surface area (Å²) in [5, 5.41) is 4.35. The van der Waals surface area contributed by atoms with Crippen molar-refractivity contribution in [2.24, 2.45) is 0 Å². The number of nitrogens with zero attached hydrogens (tertiary/aromatic N) is 4. The molecular weight excluding hydrogens is 637 g/mol. The predicted molar refractivity (Wildman–Crippen MR) is 182 cm³/mol. The first-order valence-corrected chi connectivity index (χ1v) is 17.7. The Labute approximate surface area is 280 Å². The second-order valence-corrected chi connectivity index (χ2v) is 15.2. The Morgan fingerprint density at radius 3 is 2.62 bits per heavy atom. The minimum absolute atomic E-state index is 0.0689. The molecule has 0 spiro atoms. The van der Waals surface area contributed by atoms with Crippen molar-refractivity contribution in [3.8, 4) is 22.9 Å². The molecule has 1 amide bonds. The highest BCUT2D eigenvalue weighted by Crippen LogP contribution is 2.38. The van der Waals surface area contributed by atoms with Crippen LogP contribution in [0.15, 0.2) is 54.9 Å². The molecule has 11 nitrogen and oxygen atoms in total. The number of carbonyl (C=O) groups excluding carboxylic acids is 1. The number of carbonyl (C=O) groups is 1. The van der Waals surface area contributed by atoms with Crippen LogP contribution in [0.1, 0.15) is 51.7 Å². The van der Waals surface area contributed by atoms with Crippen LogP contribution in [0.25, 0.3) is 22.0 Å². The number of aromatic nitrogens is 3. The van der Waals surface area contributed by atoms with Gasteiger partial charge in [0.1, 0.15) is 17.2 Å². The summed E-state index contributed by atoms with van der Waals surface area (Å²) in [6.45, 7) is 10.1. The number of pyridine rings is 1. The molecule has 1 unspecified atom stereocenters. The standard InChI is InChI=1S/C35H42FN5O6S/c1-22-11-12-25-26(13-14-29(36)28(25)21-48(43,44)20-23(2)45-6)31(22)46-32-27(10-7-16-37-32)30-15-17-38-33(40-30)39-24-9-8-18-41(19-24)34(42)47-35(3,4)5/h7,10-17,23-24H,8-9,18-21H2,1-6H3,(H,38,39,40)/t23?,24-/m0/s1. The number of nitrogens with one attached hydrogen (secondary N) is 1. The highest BCUT2D eigenvalue weighted by molar-refractivity contribution is 7.90. The lowest BCUT2D eigenvalue weighted by molar-refractivity contribution is 0.0206. The molecule has 1 N–H and O–H groups in total. The lowest BCUT2D eigenvalue weighted by Crippen LogP contribution is -2.47. The second-order valence-electron chi connectivity index (χ2n) is 13.1. The second kappa shape index (κ2) is 14.4. The third-order valence-corrected chi connectivity index (χ3v) is 9.67. The van der Waals surface area contributed by atoms with Gasteiger partial charge in [0.05, 0.1) is 28.9 Å². The van der Waals surface area contributed by atoms with Gasteiger partial charge in [-0.15, -0.1) is 0 Å². The van der Waals surface area contributed by atoms with E-state index in [1.807, 2.05) is 33.8 Å². The number of halogens is 1. The Morgan fingerprint density at radius 2 is 1.88 bits per heavy atom. The third-order valence-electron chi connectivity index (χ3n) is 7.97. The van der Waals surface area contributed by atoms with E-state index in [0.29, 0.717) is 46.8 Å². The first-order chi connectivity index (χ1) is 22.7. The fourth-order valence-corrected chi connectivity index (χ4v) is 7.32. The van der Waals surface area contributed by atoms with Crippen molar-refractivity contribution in [3.05, 3.63) is 71.8 Å². The number of hydrogen-bond acceptors (Lipinski definition) is 10. The maximum Gasteiger partial charge on any atom is 0.410 e. The topological polar surface area (TPSA) is 133 Å². The molecule has 0 aliphatic carbocycles. The molecule has 0 bridgehead atoms. The normalized spacial score (nSPS) is 16.1. The molecule has 1 aliphatic heterocycles. The number of ether oxygens (including phenoxy) is 3. The third kappa shape index (κ3) is 8.56. The molecule has 256 valence electrons.